The molecule has 3 rings (SSSR count). The van der Waals surface area contributed by atoms with Crippen LogP contribution >= 0.6 is 0 Å². The molecule has 1 amide bonds. The van der Waals surface area contributed by atoms with Crippen molar-refractivity contribution in [3.63, 3.8) is 0 Å². The molecule has 0 atom stereocenters. The molecule has 0 N–H and O–H groups in total. The number of amides is 1. The van der Waals surface area contributed by atoms with Gasteiger partial charge in [0.15, 0.2) is 0 Å². The summed E-state index contributed by atoms with van der Waals surface area (Å²) in [5.74, 6) is -0.672. The number of hydrogen-bond donors (Lipinski definition) is 0. The zero-order valence-electron chi connectivity index (χ0n) is 12.9. The van der Waals surface area contributed by atoms with Crippen LogP contribution in [0.1, 0.15) is 19.3 Å². The van der Waals surface area contributed by atoms with E-state index in [2.05, 4.69) is 0 Å². The third kappa shape index (κ3) is 3.44. The molecule has 0 unspecified atom stereocenters. The Kier molecular flexibility index (Phi) is 4.34. The number of halogens is 3. The summed E-state index contributed by atoms with van der Waals surface area (Å²) in [5.41, 5.74) is -0.373. The summed E-state index contributed by atoms with van der Waals surface area (Å²) in [6.45, 7) is -1.64. The molecule has 1 aliphatic carbocycles. The van der Waals surface area contributed by atoms with Gasteiger partial charge < -0.3 is 9.47 Å². The molecule has 1 heterocycles. The van der Waals surface area contributed by atoms with Gasteiger partial charge >= 0.3 is 6.18 Å². The van der Waals surface area contributed by atoms with Crippen molar-refractivity contribution < 1.29 is 18.0 Å². The minimum absolute atomic E-state index is 0.373. The zero-order chi connectivity index (χ0) is 17.3. The molecule has 1 saturated carbocycles. The normalized spacial score (nSPS) is 15.3. The SMILES string of the molecule is O=C(Cn1ccc2ccccc2c1=O)N(CC(F)(F)F)C1CCC1. The summed E-state index contributed by atoms with van der Waals surface area (Å²) in [4.78, 5) is 25.6. The van der Waals surface area contributed by atoms with Gasteiger partial charge in [-0.05, 0) is 36.8 Å². The second kappa shape index (κ2) is 6.30. The molecular formula is C17H17F3N2O2. The second-order valence-electron chi connectivity index (χ2n) is 6.06. The topological polar surface area (TPSA) is 42.3 Å². The highest BCUT2D eigenvalue weighted by Gasteiger charge is 2.38. The number of pyridine rings is 1. The van der Waals surface area contributed by atoms with Crippen LogP contribution in [-0.2, 0) is 11.3 Å². The second-order valence-corrected chi connectivity index (χ2v) is 6.06. The van der Waals surface area contributed by atoms with Gasteiger partial charge in [-0.3, -0.25) is 9.59 Å². The van der Waals surface area contributed by atoms with E-state index in [1.807, 2.05) is 0 Å². The Hall–Kier alpha value is -2.31. The molecule has 0 saturated heterocycles. The van der Waals surface area contributed by atoms with Crippen molar-refractivity contribution >= 4 is 16.7 Å². The highest BCUT2D eigenvalue weighted by molar-refractivity contribution is 5.82. The quantitative estimate of drug-likeness (QED) is 0.860. The number of benzene rings is 1. The van der Waals surface area contributed by atoms with Crippen molar-refractivity contribution in [2.45, 2.75) is 38.0 Å². The lowest BCUT2D eigenvalue weighted by Crippen LogP contribution is -2.50. The van der Waals surface area contributed by atoms with Crippen molar-refractivity contribution in [3.05, 3.63) is 46.9 Å². The molecule has 0 bridgehead atoms. The maximum atomic E-state index is 12.8. The van der Waals surface area contributed by atoms with E-state index in [1.54, 1.807) is 30.3 Å². The molecule has 2 aromatic rings. The summed E-state index contributed by atoms with van der Waals surface area (Å²) in [6.07, 6.45) is -1.01. The summed E-state index contributed by atoms with van der Waals surface area (Å²) < 4.78 is 39.4. The molecule has 7 heteroatoms. The number of nitrogens with zero attached hydrogens (tertiary/aromatic N) is 2. The van der Waals surface area contributed by atoms with E-state index in [0.717, 1.165) is 16.7 Å². The van der Waals surface area contributed by atoms with E-state index in [4.69, 9.17) is 0 Å². The van der Waals surface area contributed by atoms with Gasteiger partial charge in [-0.25, -0.2) is 0 Å². The Balaban J connectivity index is 1.84. The van der Waals surface area contributed by atoms with Crippen molar-refractivity contribution in [3.8, 4) is 0 Å². The molecule has 1 aromatic carbocycles. The van der Waals surface area contributed by atoms with Gasteiger partial charge in [0.25, 0.3) is 5.56 Å². The lowest BCUT2D eigenvalue weighted by atomic mass is 9.91. The van der Waals surface area contributed by atoms with Gasteiger partial charge in [-0.15, -0.1) is 0 Å². The van der Waals surface area contributed by atoms with Gasteiger partial charge in [0, 0.05) is 17.6 Å². The Morgan fingerprint density at radius 1 is 1.21 bits per heavy atom. The number of aromatic nitrogens is 1. The summed E-state index contributed by atoms with van der Waals surface area (Å²) in [7, 11) is 0. The lowest BCUT2D eigenvalue weighted by molar-refractivity contribution is -0.169. The fraction of sp³-hybridized carbons (Fsp3) is 0.412. The fourth-order valence-corrected chi connectivity index (χ4v) is 2.90. The number of alkyl halides is 3. The first-order chi connectivity index (χ1) is 11.3. The number of carbonyl (C=O) groups excluding carboxylic acids is 1. The van der Waals surface area contributed by atoms with Crippen LogP contribution in [0.15, 0.2) is 41.3 Å². The minimum Gasteiger partial charge on any atom is -0.329 e. The first-order valence-electron chi connectivity index (χ1n) is 7.79. The van der Waals surface area contributed by atoms with E-state index in [1.165, 1.54) is 10.8 Å². The highest BCUT2D eigenvalue weighted by Crippen LogP contribution is 2.28. The molecule has 24 heavy (non-hydrogen) atoms. The van der Waals surface area contributed by atoms with Gasteiger partial charge in [-0.2, -0.15) is 13.2 Å². The van der Waals surface area contributed by atoms with E-state index < -0.39 is 18.6 Å². The summed E-state index contributed by atoms with van der Waals surface area (Å²) in [6, 6.07) is 8.21. The van der Waals surface area contributed by atoms with Crippen molar-refractivity contribution in [2.75, 3.05) is 6.54 Å². The molecule has 4 nitrogen and oxygen atoms in total. The molecule has 0 spiro atoms. The molecular weight excluding hydrogens is 321 g/mol. The van der Waals surface area contributed by atoms with E-state index in [0.29, 0.717) is 18.2 Å². The van der Waals surface area contributed by atoms with E-state index >= 15 is 0 Å². The van der Waals surface area contributed by atoms with Crippen LogP contribution in [0, 0.1) is 0 Å². The van der Waals surface area contributed by atoms with Crippen molar-refractivity contribution in [1.82, 2.24) is 9.47 Å². The van der Waals surface area contributed by atoms with Crippen LogP contribution in [-0.4, -0.2) is 34.1 Å². The lowest BCUT2D eigenvalue weighted by Gasteiger charge is -2.38. The van der Waals surface area contributed by atoms with Crippen LogP contribution in [0.25, 0.3) is 10.8 Å². The predicted octanol–water partition coefficient (Wildman–Crippen LogP) is 2.94. The van der Waals surface area contributed by atoms with Crippen LogP contribution in [0.2, 0.25) is 0 Å². The average Bonchev–Trinajstić information content (AvgIpc) is 2.46. The van der Waals surface area contributed by atoms with E-state index in [9.17, 15) is 22.8 Å². The third-order valence-electron chi connectivity index (χ3n) is 4.38. The first-order valence-corrected chi connectivity index (χ1v) is 7.79. The number of hydrogen-bond acceptors (Lipinski definition) is 2. The van der Waals surface area contributed by atoms with Crippen LogP contribution in [0.4, 0.5) is 13.2 Å². The van der Waals surface area contributed by atoms with Gasteiger partial charge in [0.05, 0.1) is 0 Å². The predicted molar refractivity (Wildman–Crippen MR) is 83.6 cm³/mol. The Morgan fingerprint density at radius 2 is 1.92 bits per heavy atom. The Bertz CT molecular complexity index is 809. The van der Waals surface area contributed by atoms with Gasteiger partial charge in [-0.1, -0.05) is 18.2 Å². The van der Waals surface area contributed by atoms with Crippen molar-refractivity contribution in [1.29, 1.82) is 0 Å². The summed E-state index contributed by atoms with van der Waals surface area (Å²) >= 11 is 0. The molecule has 1 aliphatic rings. The zero-order valence-corrected chi connectivity index (χ0v) is 12.9. The first kappa shape index (κ1) is 16.5. The smallest absolute Gasteiger partial charge is 0.329 e. The number of rotatable bonds is 4. The van der Waals surface area contributed by atoms with Gasteiger partial charge in [0.1, 0.15) is 13.1 Å². The maximum absolute atomic E-state index is 12.8. The summed E-state index contributed by atoms with van der Waals surface area (Å²) in [5, 5.41) is 1.18. The Morgan fingerprint density at radius 3 is 2.54 bits per heavy atom. The van der Waals surface area contributed by atoms with E-state index in [-0.39, 0.29) is 18.1 Å². The van der Waals surface area contributed by atoms with Crippen LogP contribution in [0.3, 0.4) is 0 Å². The maximum Gasteiger partial charge on any atom is 0.406 e. The van der Waals surface area contributed by atoms with Crippen LogP contribution in [0.5, 0.6) is 0 Å². The highest BCUT2D eigenvalue weighted by atomic mass is 19.4. The van der Waals surface area contributed by atoms with Crippen molar-refractivity contribution in [2.24, 2.45) is 0 Å². The number of carbonyl (C=O) groups is 1. The molecule has 0 radical (unpaired) electrons. The van der Waals surface area contributed by atoms with Crippen LogP contribution < -0.4 is 5.56 Å². The molecule has 128 valence electrons. The minimum atomic E-state index is -4.44. The largest absolute Gasteiger partial charge is 0.406 e. The standard InChI is InChI=1S/C17H17F3N2O2/c18-17(19,20)11-22(13-5-3-6-13)15(23)10-21-9-8-12-4-1-2-7-14(12)16(21)24/h1-2,4,7-9,13H,3,5-6,10-11H2. The molecule has 1 aromatic heterocycles. The van der Waals surface area contributed by atoms with Gasteiger partial charge in [0.2, 0.25) is 5.91 Å². The number of fused-ring (bicyclic) bond motifs is 1. The molecule has 0 aliphatic heterocycles. The third-order valence-corrected chi connectivity index (χ3v) is 4.38. The monoisotopic (exact) mass is 338 g/mol. The fourth-order valence-electron chi connectivity index (χ4n) is 2.90. The average molecular weight is 338 g/mol. The molecule has 1 fully saturated rings. The Labute approximate surface area is 136 Å².